The number of hydrogen-bond donors (Lipinski definition) is 1. The lowest BCUT2D eigenvalue weighted by Crippen LogP contribution is -2.24. The predicted molar refractivity (Wildman–Crippen MR) is 96.2 cm³/mol. The molecule has 3 rings (SSSR count). The van der Waals surface area contributed by atoms with Crippen molar-refractivity contribution in [3.63, 3.8) is 0 Å². The number of para-hydroxylation sites is 1. The van der Waals surface area contributed by atoms with E-state index in [9.17, 15) is 9.18 Å². The van der Waals surface area contributed by atoms with Crippen LogP contribution >= 0.6 is 11.8 Å². The first kappa shape index (κ1) is 17.2. The van der Waals surface area contributed by atoms with E-state index in [1.807, 2.05) is 37.3 Å². The summed E-state index contributed by atoms with van der Waals surface area (Å²) < 4.78 is 16.0. The number of nitrogens with one attached hydrogen (secondary N) is 1. The van der Waals surface area contributed by atoms with Gasteiger partial charge in [-0.2, -0.15) is 0 Å². The van der Waals surface area contributed by atoms with Crippen LogP contribution in [-0.4, -0.2) is 33.0 Å². The van der Waals surface area contributed by atoms with Crippen LogP contribution in [0.15, 0.2) is 59.8 Å². The smallest absolute Gasteiger partial charge is 0.230 e. The van der Waals surface area contributed by atoms with E-state index in [4.69, 9.17) is 0 Å². The molecule has 0 bridgehead atoms. The number of benzene rings is 2. The van der Waals surface area contributed by atoms with E-state index in [0.29, 0.717) is 23.1 Å². The Kier molecular flexibility index (Phi) is 5.45. The standard InChI is InChI=1S/C18H17FN4OS/c1-2-20-16(24)12-25-18-22-21-17(14-10-6-7-11-15(14)19)23(18)13-8-4-3-5-9-13/h3-11H,2,12H2,1H3,(H,20,24). The van der Waals surface area contributed by atoms with Crippen molar-refractivity contribution in [2.24, 2.45) is 0 Å². The van der Waals surface area contributed by atoms with Crippen molar-refractivity contribution >= 4 is 17.7 Å². The molecule has 0 aliphatic carbocycles. The highest BCUT2D eigenvalue weighted by Gasteiger charge is 2.19. The molecule has 5 nitrogen and oxygen atoms in total. The summed E-state index contributed by atoms with van der Waals surface area (Å²) >= 11 is 1.27. The van der Waals surface area contributed by atoms with Crippen LogP contribution in [0, 0.1) is 5.82 Å². The summed E-state index contributed by atoms with van der Waals surface area (Å²) in [7, 11) is 0. The fraction of sp³-hybridized carbons (Fsp3) is 0.167. The van der Waals surface area contributed by atoms with Gasteiger partial charge in [0, 0.05) is 12.2 Å². The lowest BCUT2D eigenvalue weighted by Gasteiger charge is -2.10. The number of carbonyl (C=O) groups excluding carboxylic acids is 1. The summed E-state index contributed by atoms with van der Waals surface area (Å²) in [6.07, 6.45) is 0. The highest BCUT2D eigenvalue weighted by molar-refractivity contribution is 7.99. The van der Waals surface area contributed by atoms with E-state index in [1.165, 1.54) is 17.8 Å². The van der Waals surface area contributed by atoms with Crippen LogP contribution in [0.25, 0.3) is 17.1 Å². The van der Waals surface area contributed by atoms with Gasteiger partial charge < -0.3 is 5.32 Å². The van der Waals surface area contributed by atoms with Gasteiger partial charge in [0.1, 0.15) is 5.82 Å². The Hall–Kier alpha value is -2.67. The molecule has 25 heavy (non-hydrogen) atoms. The number of nitrogens with zero attached hydrogens (tertiary/aromatic N) is 3. The van der Waals surface area contributed by atoms with E-state index in [1.54, 1.807) is 22.8 Å². The topological polar surface area (TPSA) is 59.8 Å². The fourth-order valence-corrected chi connectivity index (χ4v) is 3.15. The second-order valence-corrected chi connectivity index (χ2v) is 6.14. The summed E-state index contributed by atoms with van der Waals surface area (Å²) in [6.45, 7) is 2.44. The van der Waals surface area contributed by atoms with Gasteiger partial charge in [-0.3, -0.25) is 9.36 Å². The first-order valence-corrected chi connectivity index (χ1v) is 8.84. The third-order valence-corrected chi connectivity index (χ3v) is 4.40. The molecule has 0 aliphatic rings. The highest BCUT2D eigenvalue weighted by Crippen LogP contribution is 2.29. The SMILES string of the molecule is CCNC(=O)CSc1nnc(-c2ccccc2F)n1-c1ccccc1. The zero-order chi connectivity index (χ0) is 17.6. The third kappa shape index (κ3) is 3.88. The molecule has 7 heteroatoms. The van der Waals surface area contributed by atoms with Crippen LogP contribution in [0.5, 0.6) is 0 Å². The van der Waals surface area contributed by atoms with Crippen molar-refractivity contribution in [2.75, 3.05) is 12.3 Å². The second kappa shape index (κ2) is 7.94. The van der Waals surface area contributed by atoms with Gasteiger partial charge in [-0.1, -0.05) is 42.1 Å². The van der Waals surface area contributed by atoms with Crippen LogP contribution in [0.1, 0.15) is 6.92 Å². The van der Waals surface area contributed by atoms with Crippen LogP contribution in [0.2, 0.25) is 0 Å². The van der Waals surface area contributed by atoms with Gasteiger partial charge in [0.15, 0.2) is 11.0 Å². The normalized spacial score (nSPS) is 10.6. The average Bonchev–Trinajstić information content (AvgIpc) is 3.05. The lowest BCUT2D eigenvalue weighted by atomic mass is 10.2. The van der Waals surface area contributed by atoms with E-state index in [0.717, 1.165) is 5.69 Å². The van der Waals surface area contributed by atoms with Gasteiger partial charge in [-0.15, -0.1) is 10.2 Å². The molecule has 0 fully saturated rings. The van der Waals surface area contributed by atoms with Crippen molar-refractivity contribution in [3.8, 4) is 17.1 Å². The molecule has 2 aromatic carbocycles. The number of hydrogen-bond acceptors (Lipinski definition) is 4. The van der Waals surface area contributed by atoms with Gasteiger partial charge >= 0.3 is 0 Å². The molecule has 0 radical (unpaired) electrons. The minimum Gasteiger partial charge on any atom is -0.356 e. The van der Waals surface area contributed by atoms with Gasteiger partial charge in [0.2, 0.25) is 5.91 Å². The minimum atomic E-state index is -0.368. The van der Waals surface area contributed by atoms with Crippen molar-refractivity contribution in [1.29, 1.82) is 0 Å². The molecule has 3 aromatic rings. The van der Waals surface area contributed by atoms with E-state index in [-0.39, 0.29) is 17.5 Å². The molecular weight excluding hydrogens is 339 g/mol. The highest BCUT2D eigenvalue weighted by atomic mass is 32.2. The van der Waals surface area contributed by atoms with Crippen molar-refractivity contribution in [1.82, 2.24) is 20.1 Å². The molecule has 1 heterocycles. The van der Waals surface area contributed by atoms with Gasteiger partial charge in [-0.25, -0.2) is 4.39 Å². The van der Waals surface area contributed by atoms with Crippen LogP contribution < -0.4 is 5.32 Å². The van der Waals surface area contributed by atoms with Gasteiger partial charge in [0.25, 0.3) is 0 Å². The van der Waals surface area contributed by atoms with Crippen molar-refractivity contribution in [2.45, 2.75) is 12.1 Å². The Morgan fingerprint density at radius 1 is 1.12 bits per heavy atom. The molecule has 0 aliphatic heterocycles. The van der Waals surface area contributed by atoms with Crippen LogP contribution in [0.4, 0.5) is 4.39 Å². The molecule has 128 valence electrons. The van der Waals surface area contributed by atoms with Crippen molar-refractivity contribution < 1.29 is 9.18 Å². The monoisotopic (exact) mass is 356 g/mol. The summed E-state index contributed by atoms with van der Waals surface area (Å²) in [4.78, 5) is 11.7. The summed E-state index contributed by atoms with van der Waals surface area (Å²) in [5.74, 6) is 0.174. The fourth-order valence-electron chi connectivity index (χ4n) is 2.37. The molecular formula is C18H17FN4OS. The van der Waals surface area contributed by atoms with Crippen LogP contribution in [-0.2, 0) is 4.79 Å². The van der Waals surface area contributed by atoms with E-state index >= 15 is 0 Å². The number of carbonyl (C=O) groups is 1. The third-order valence-electron chi connectivity index (χ3n) is 3.47. The quantitative estimate of drug-likeness (QED) is 0.689. The van der Waals surface area contributed by atoms with Gasteiger partial charge in [0.05, 0.1) is 11.3 Å². The first-order chi connectivity index (χ1) is 12.2. The van der Waals surface area contributed by atoms with Gasteiger partial charge in [-0.05, 0) is 31.2 Å². The number of halogens is 1. The molecule has 1 aromatic heterocycles. The maximum Gasteiger partial charge on any atom is 0.230 e. The zero-order valence-electron chi connectivity index (χ0n) is 13.6. The summed E-state index contributed by atoms with van der Waals surface area (Å²) in [5.41, 5.74) is 1.17. The average molecular weight is 356 g/mol. The molecule has 1 N–H and O–H groups in total. The number of aromatic nitrogens is 3. The first-order valence-electron chi connectivity index (χ1n) is 7.86. The molecule has 0 atom stereocenters. The van der Waals surface area contributed by atoms with Crippen LogP contribution in [0.3, 0.4) is 0 Å². The Bertz CT molecular complexity index is 867. The summed E-state index contributed by atoms with van der Waals surface area (Å²) in [5, 5.41) is 11.6. The maximum atomic E-state index is 14.2. The Morgan fingerprint density at radius 3 is 2.56 bits per heavy atom. The minimum absolute atomic E-state index is 0.0810. The molecule has 0 unspecified atom stereocenters. The predicted octanol–water partition coefficient (Wildman–Crippen LogP) is 3.30. The molecule has 0 spiro atoms. The van der Waals surface area contributed by atoms with E-state index in [2.05, 4.69) is 15.5 Å². The largest absolute Gasteiger partial charge is 0.356 e. The Balaban J connectivity index is 2.02. The molecule has 0 saturated heterocycles. The Labute approximate surface area is 149 Å². The Morgan fingerprint density at radius 2 is 1.84 bits per heavy atom. The number of rotatable bonds is 6. The molecule has 0 saturated carbocycles. The zero-order valence-corrected chi connectivity index (χ0v) is 14.5. The lowest BCUT2D eigenvalue weighted by molar-refractivity contribution is -0.118. The maximum absolute atomic E-state index is 14.2. The number of amides is 1. The van der Waals surface area contributed by atoms with Crippen molar-refractivity contribution in [3.05, 3.63) is 60.4 Å². The second-order valence-electron chi connectivity index (χ2n) is 5.20. The molecule has 1 amide bonds. The van der Waals surface area contributed by atoms with E-state index < -0.39 is 0 Å². The number of thioether (sulfide) groups is 1. The summed E-state index contributed by atoms with van der Waals surface area (Å²) in [6, 6.07) is 15.9.